The number of rotatable bonds is 7. The molecule has 86 valence electrons. The number of nitrogens with two attached hydrogens (primary N) is 1. The molecule has 0 aromatic heterocycles. The Morgan fingerprint density at radius 1 is 1.43 bits per heavy atom. The van der Waals surface area contributed by atoms with Gasteiger partial charge in [0.05, 0.1) is 0 Å². The second-order valence-electron chi connectivity index (χ2n) is 4.72. The Morgan fingerprint density at radius 3 is 2.36 bits per heavy atom. The molecule has 1 atom stereocenters. The van der Waals surface area contributed by atoms with Crippen molar-refractivity contribution < 1.29 is 4.74 Å². The number of hydrogen-bond acceptors (Lipinski definition) is 3. The summed E-state index contributed by atoms with van der Waals surface area (Å²) >= 11 is 0. The van der Waals surface area contributed by atoms with Crippen LogP contribution in [0.25, 0.3) is 0 Å². The number of methoxy groups -OCH3 is 1. The van der Waals surface area contributed by atoms with E-state index in [9.17, 15) is 0 Å². The zero-order chi connectivity index (χ0) is 11.2. The fourth-order valence-electron chi connectivity index (χ4n) is 1.54. The molecule has 0 saturated heterocycles. The summed E-state index contributed by atoms with van der Waals surface area (Å²) in [4.78, 5) is 2.34. The molecule has 0 aromatic rings. The van der Waals surface area contributed by atoms with Crippen molar-refractivity contribution in [3.63, 3.8) is 0 Å². The summed E-state index contributed by atoms with van der Waals surface area (Å²) in [6, 6.07) is 0. The molecular weight excluding hydrogens is 176 g/mol. The Labute approximate surface area is 88.6 Å². The molecule has 0 aliphatic carbocycles. The first-order chi connectivity index (χ1) is 6.46. The molecule has 0 amide bonds. The van der Waals surface area contributed by atoms with Gasteiger partial charge in [0.25, 0.3) is 0 Å². The first-order valence-electron chi connectivity index (χ1n) is 5.36. The minimum absolute atomic E-state index is 0.0697. The lowest BCUT2D eigenvalue weighted by atomic mass is 9.95. The van der Waals surface area contributed by atoms with Crippen molar-refractivity contribution >= 4 is 0 Å². The molecule has 0 saturated carbocycles. The third-order valence-electron chi connectivity index (χ3n) is 2.85. The smallest absolute Gasteiger partial charge is 0.0480 e. The number of hydrogen-bond donors (Lipinski definition) is 1. The summed E-state index contributed by atoms with van der Waals surface area (Å²) in [6.45, 7) is 9.19. The van der Waals surface area contributed by atoms with Crippen molar-refractivity contribution in [2.75, 3.05) is 33.9 Å². The highest BCUT2D eigenvalue weighted by atomic mass is 16.5. The molecule has 0 spiro atoms. The first kappa shape index (κ1) is 13.9. The van der Waals surface area contributed by atoms with E-state index in [1.165, 1.54) is 0 Å². The zero-order valence-corrected chi connectivity index (χ0v) is 10.3. The lowest BCUT2D eigenvalue weighted by Crippen LogP contribution is -2.51. The van der Waals surface area contributed by atoms with Crippen LogP contribution in [0.3, 0.4) is 0 Å². The maximum Gasteiger partial charge on any atom is 0.0480 e. The van der Waals surface area contributed by atoms with Gasteiger partial charge in [0.15, 0.2) is 0 Å². The quantitative estimate of drug-likeness (QED) is 0.677. The van der Waals surface area contributed by atoms with Crippen LogP contribution in [0.4, 0.5) is 0 Å². The van der Waals surface area contributed by atoms with Gasteiger partial charge in [-0.3, -0.25) is 4.90 Å². The average molecular weight is 202 g/mol. The summed E-state index contributed by atoms with van der Waals surface area (Å²) in [5.41, 5.74) is 5.90. The van der Waals surface area contributed by atoms with Crippen LogP contribution in [0.2, 0.25) is 0 Å². The molecule has 0 heterocycles. The van der Waals surface area contributed by atoms with Gasteiger partial charge < -0.3 is 10.5 Å². The molecule has 0 rings (SSSR count). The van der Waals surface area contributed by atoms with Crippen molar-refractivity contribution in [2.24, 2.45) is 11.7 Å². The predicted octanol–water partition coefficient (Wildman–Crippen LogP) is 1.33. The number of ether oxygens (including phenoxy) is 1. The molecule has 3 heteroatoms. The van der Waals surface area contributed by atoms with Gasteiger partial charge in [0, 0.05) is 32.3 Å². The van der Waals surface area contributed by atoms with Crippen LogP contribution in [0.15, 0.2) is 0 Å². The standard InChI is InChI=1S/C11H26N2O/c1-10(2)8-13(4)11(3,9-12)6-7-14-5/h10H,6-9,12H2,1-5H3. The Hall–Kier alpha value is -0.120. The predicted molar refractivity (Wildman–Crippen MR) is 61.4 cm³/mol. The molecule has 0 bridgehead atoms. The van der Waals surface area contributed by atoms with Gasteiger partial charge in [0.2, 0.25) is 0 Å². The van der Waals surface area contributed by atoms with Crippen LogP contribution in [0, 0.1) is 5.92 Å². The van der Waals surface area contributed by atoms with E-state index in [2.05, 4.69) is 32.7 Å². The molecule has 0 aromatic carbocycles. The molecule has 3 nitrogen and oxygen atoms in total. The van der Waals surface area contributed by atoms with Gasteiger partial charge >= 0.3 is 0 Å². The van der Waals surface area contributed by atoms with Gasteiger partial charge in [-0.25, -0.2) is 0 Å². The van der Waals surface area contributed by atoms with Gasteiger partial charge in [-0.2, -0.15) is 0 Å². The molecule has 1 unspecified atom stereocenters. The largest absolute Gasteiger partial charge is 0.385 e. The Morgan fingerprint density at radius 2 is 2.00 bits per heavy atom. The van der Waals surface area contributed by atoms with Crippen molar-refractivity contribution in [1.82, 2.24) is 4.90 Å². The maximum atomic E-state index is 5.83. The second-order valence-corrected chi connectivity index (χ2v) is 4.72. The maximum absolute atomic E-state index is 5.83. The lowest BCUT2D eigenvalue weighted by molar-refractivity contribution is 0.0807. The van der Waals surface area contributed by atoms with Gasteiger partial charge in [-0.1, -0.05) is 13.8 Å². The molecule has 0 radical (unpaired) electrons. The summed E-state index contributed by atoms with van der Waals surface area (Å²) in [5, 5.41) is 0. The highest BCUT2D eigenvalue weighted by Crippen LogP contribution is 2.17. The summed E-state index contributed by atoms with van der Waals surface area (Å²) in [5.74, 6) is 0.674. The normalized spacial score (nSPS) is 16.3. The van der Waals surface area contributed by atoms with Crippen LogP contribution < -0.4 is 5.73 Å². The van der Waals surface area contributed by atoms with Gasteiger partial charge in [0.1, 0.15) is 0 Å². The summed E-state index contributed by atoms with van der Waals surface area (Å²) in [7, 11) is 3.88. The van der Waals surface area contributed by atoms with Crippen LogP contribution in [-0.4, -0.2) is 44.3 Å². The monoisotopic (exact) mass is 202 g/mol. The van der Waals surface area contributed by atoms with Crippen molar-refractivity contribution in [1.29, 1.82) is 0 Å². The molecule has 0 fully saturated rings. The highest BCUT2D eigenvalue weighted by Gasteiger charge is 2.27. The van der Waals surface area contributed by atoms with E-state index < -0.39 is 0 Å². The van der Waals surface area contributed by atoms with Gasteiger partial charge in [-0.05, 0) is 26.3 Å². The van der Waals surface area contributed by atoms with E-state index in [4.69, 9.17) is 10.5 Å². The molecule has 0 aliphatic rings. The topological polar surface area (TPSA) is 38.5 Å². The third kappa shape index (κ3) is 4.40. The van der Waals surface area contributed by atoms with E-state index in [-0.39, 0.29) is 5.54 Å². The fraction of sp³-hybridized carbons (Fsp3) is 1.00. The van der Waals surface area contributed by atoms with Crippen LogP contribution in [-0.2, 0) is 4.74 Å². The number of likely N-dealkylation sites (N-methyl/N-ethyl adjacent to an activating group) is 1. The van der Waals surface area contributed by atoms with Crippen LogP contribution in [0.1, 0.15) is 27.2 Å². The third-order valence-corrected chi connectivity index (χ3v) is 2.85. The summed E-state index contributed by atoms with van der Waals surface area (Å²) in [6.07, 6.45) is 0.989. The molecule has 0 aliphatic heterocycles. The van der Waals surface area contributed by atoms with Gasteiger partial charge in [-0.15, -0.1) is 0 Å². The van der Waals surface area contributed by atoms with E-state index in [0.29, 0.717) is 12.5 Å². The fourth-order valence-corrected chi connectivity index (χ4v) is 1.54. The van der Waals surface area contributed by atoms with E-state index in [1.807, 2.05) is 0 Å². The van der Waals surface area contributed by atoms with Crippen LogP contribution in [0.5, 0.6) is 0 Å². The Kier molecular flexibility index (Phi) is 6.33. The van der Waals surface area contributed by atoms with E-state index in [0.717, 1.165) is 19.6 Å². The minimum Gasteiger partial charge on any atom is -0.385 e. The second kappa shape index (κ2) is 6.38. The molecule has 14 heavy (non-hydrogen) atoms. The molecular formula is C11H26N2O. The first-order valence-corrected chi connectivity index (χ1v) is 5.36. The van der Waals surface area contributed by atoms with Crippen molar-refractivity contribution in [3.8, 4) is 0 Å². The minimum atomic E-state index is 0.0697. The van der Waals surface area contributed by atoms with Crippen molar-refractivity contribution in [2.45, 2.75) is 32.7 Å². The average Bonchev–Trinajstić information content (AvgIpc) is 2.13. The highest BCUT2D eigenvalue weighted by molar-refractivity contribution is 4.85. The molecule has 2 N–H and O–H groups in total. The SMILES string of the molecule is COCCC(C)(CN)N(C)CC(C)C. The zero-order valence-electron chi connectivity index (χ0n) is 10.3. The van der Waals surface area contributed by atoms with E-state index in [1.54, 1.807) is 7.11 Å². The Bertz CT molecular complexity index is 150. The lowest BCUT2D eigenvalue weighted by Gasteiger charge is -2.39. The van der Waals surface area contributed by atoms with Crippen molar-refractivity contribution in [3.05, 3.63) is 0 Å². The van der Waals surface area contributed by atoms with E-state index >= 15 is 0 Å². The Balaban J connectivity index is 4.19. The summed E-state index contributed by atoms with van der Waals surface area (Å²) < 4.78 is 5.11. The number of nitrogens with zero attached hydrogens (tertiary/aromatic N) is 1. The van der Waals surface area contributed by atoms with Crippen LogP contribution >= 0.6 is 0 Å².